The molecule has 2 heterocycles. The summed E-state index contributed by atoms with van der Waals surface area (Å²) in [6.07, 6.45) is 2.65. The number of likely N-dealkylation sites (tertiary alicyclic amines) is 1. The maximum Gasteiger partial charge on any atom is 0.326 e. The standard InChI is InChI=1S/C28H30N4O2/c33-27(29-24-14-16-31(17-15-24)20-22-9-5-2-6-10-22)23-11-12-26-25(19-23)30-28(34)32(26)18-13-21-7-3-1-4-8-21/h1-12,19,24H,13-18,20H2,(H,29,33)(H,30,34). The van der Waals surface area contributed by atoms with E-state index in [-0.39, 0.29) is 17.6 Å². The van der Waals surface area contributed by atoms with Crippen molar-refractivity contribution in [2.24, 2.45) is 0 Å². The fourth-order valence-corrected chi connectivity index (χ4v) is 4.76. The maximum absolute atomic E-state index is 12.9. The lowest BCUT2D eigenvalue weighted by Crippen LogP contribution is -2.44. The van der Waals surface area contributed by atoms with Crippen LogP contribution in [0.4, 0.5) is 0 Å². The molecule has 34 heavy (non-hydrogen) atoms. The summed E-state index contributed by atoms with van der Waals surface area (Å²) < 4.78 is 1.74. The fraction of sp³-hybridized carbons (Fsp3) is 0.286. The molecule has 0 atom stereocenters. The van der Waals surface area contributed by atoms with Gasteiger partial charge in [-0.3, -0.25) is 14.3 Å². The molecule has 0 aliphatic carbocycles. The minimum Gasteiger partial charge on any atom is -0.349 e. The molecule has 174 valence electrons. The van der Waals surface area contributed by atoms with Crippen molar-refractivity contribution < 1.29 is 4.79 Å². The van der Waals surface area contributed by atoms with E-state index in [1.54, 1.807) is 10.6 Å². The van der Waals surface area contributed by atoms with Crippen molar-refractivity contribution in [2.45, 2.75) is 38.4 Å². The molecule has 1 aliphatic heterocycles. The maximum atomic E-state index is 12.9. The molecule has 1 saturated heterocycles. The lowest BCUT2D eigenvalue weighted by Gasteiger charge is -2.32. The quantitative estimate of drug-likeness (QED) is 0.444. The molecule has 1 aliphatic rings. The Bertz CT molecular complexity index is 1300. The van der Waals surface area contributed by atoms with E-state index in [1.807, 2.05) is 36.4 Å². The van der Waals surface area contributed by atoms with Crippen LogP contribution in [0.25, 0.3) is 11.0 Å². The molecule has 4 aromatic rings. The van der Waals surface area contributed by atoms with Gasteiger partial charge in [-0.15, -0.1) is 0 Å². The summed E-state index contributed by atoms with van der Waals surface area (Å²) >= 11 is 0. The van der Waals surface area contributed by atoms with Crippen LogP contribution in [0.1, 0.15) is 34.3 Å². The number of rotatable bonds is 7. The zero-order valence-corrected chi connectivity index (χ0v) is 19.2. The van der Waals surface area contributed by atoms with Crippen LogP contribution in [0, 0.1) is 0 Å². The molecule has 0 saturated carbocycles. The van der Waals surface area contributed by atoms with Gasteiger partial charge >= 0.3 is 5.69 Å². The van der Waals surface area contributed by atoms with Gasteiger partial charge in [-0.2, -0.15) is 0 Å². The Morgan fingerprint density at radius 2 is 1.59 bits per heavy atom. The Hall–Kier alpha value is -3.64. The van der Waals surface area contributed by atoms with Gasteiger partial charge in [0, 0.05) is 37.8 Å². The average Bonchev–Trinajstić information content (AvgIpc) is 3.19. The number of aryl methyl sites for hydroxylation is 2. The highest BCUT2D eigenvalue weighted by Gasteiger charge is 2.21. The zero-order valence-electron chi connectivity index (χ0n) is 19.2. The molecule has 6 heteroatoms. The normalized spacial score (nSPS) is 14.9. The molecule has 6 nitrogen and oxygen atoms in total. The third-order valence-electron chi connectivity index (χ3n) is 6.68. The first kappa shape index (κ1) is 22.2. The van der Waals surface area contributed by atoms with Crippen LogP contribution in [0.2, 0.25) is 0 Å². The molecule has 1 amide bonds. The number of carbonyl (C=O) groups is 1. The Balaban J connectivity index is 1.19. The van der Waals surface area contributed by atoms with Gasteiger partial charge in [0.15, 0.2) is 0 Å². The third kappa shape index (κ3) is 5.13. The fourth-order valence-electron chi connectivity index (χ4n) is 4.76. The van der Waals surface area contributed by atoms with Crippen LogP contribution in [0.3, 0.4) is 0 Å². The Kier molecular flexibility index (Phi) is 6.58. The monoisotopic (exact) mass is 454 g/mol. The molecule has 0 unspecified atom stereocenters. The van der Waals surface area contributed by atoms with E-state index >= 15 is 0 Å². The molecule has 0 radical (unpaired) electrons. The van der Waals surface area contributed by atoms with Crippen LogP contribution in [-0.2, 0) is 19.5 Å². The van der Waals surface area contributed by atoms with Crippen molar-refractivity contribution in [3.63, 3.8) is 0 Å². The number of piperidine rings is 1. The molecule has 3 aromatic carbocycles. The van der Waals surface area contributed by atoms with Crippen LogP contribution in [0.15, 0.2) is 83.7 Å². The van der Waals surface area contributed by atoms with Gasteiger partial charge in [0.1, 0.15) is 0 Å². The average molecular weight is 455 g/mol. The van der Waals surface area contributed by atoms with Crippen molar-refractivity contribution in [2.75, 3.05) is 13.1 Å². The highest BCUT2D eigenvalue weighted by Crippen LogP contribution is 2.17. The van der Waals surface area contributed by atoms with Gasteiger partial charge in [0.05, 0.1) is 11.0 Å². The van der Waals surface area contributed by atoms with Crippen molar-refractivity contribution in [3.05, 3.63) is 106 Å². The second-order valence-corrected chi connectivity index (χ2v) is 9.06. The summed E-state index contributed by atoms with van der Waals surface area (Å²) in [5, 5.41) is 3.19. The van der Waals surface area contributed by atoms with Crippen LogP contribution in [0.5, 0.6) is 0 Å². The molecule has 1 aromatic heterocycles. The molecule has 0 bridgehead atoms. The van der Waals surface area contributed by atoms with E-state index < -0.39 is 0 Å². The van der Waals surface area contributed by atoms with E-state index in [9.17, 15) is 9.59 Å². The number of hydrogen-bond donors (Lipinski definition) is 2. The van der Waals surface area contributed by atoms with Crippen LogP contribution >= 0.6 is 0 Å². The zero-order chi connectivity index (χ0) is 23.3. The predicted octanol–water partition coefficient (Wildman–Crippen LogP) is 3.97. The number of imidazole rings is 1. The van der Waals surface area contributed by atoms with E-state index in [0.717, 1.165) is 44.4 Å². The number of amides is 1. The SMILES string of the molecule is O=C(NC1CCN(Cc2ccccc2)CC1)c1ccc2c(c1)[nH]c(=O)n2CCc1ccccc1. The Labute approximate surface area is 199 Å². The van der Waals surface area contributed by atoms with Gasteiger partial charge in [-0.25, -0.2) is 4.79 Å². The number of benzene rings is 3. The van der Waals surface area contributed by atoms with E-state index in [4.69, 9.17) is 0 Å². The summed E-state index contributed by atoms with van der Waals surface area (Å²) in [6.45, 7) is 3.48. The van der Waals surface area contributed by atoms with E-state index in [1.165, 1.54) is 11.1 Å². The highest BCUT2D eigenvalue weighted by molar-refractivity contribution is 5.97. The van der Waals surface area contributed by atoms with Crippen molar-refractivity contribution >= 4 is 16.9 Å². The molecule has 0 spiro atoms. The summed E-state index contributed by atoms with van der Waals surface area (Å²) in [4.78, 5) is 30.8. The lowest BCUT2D eigenvalue weighted by atomic mass is 10.0. The first-order valence-corrected chi connectivity index (χ1v) is 12.0. The van der Waals surface area contributed by atoms with Gasteiger partial charge in [-0.05, 0) is 48.6 Å². The second kappa shape index (κ2) is 10.1. The van der Waals surface area contributed by atoms with Gasteiger partial charge in [0.2, 0.25) is 0 Å². The predicted molar refractivity (Wildman–Crippen MR) is 135 cm³/mol. The smallest absolute Gasteiger partial charge is 0.326 e. The first-order chi connectivity index (χ1) is 16.7. The minimum absolute atomic E-state index is 0.0821. The number of aromatic nitrogens is 2. The Morgan fingerprint density at radius 3 is 2.29 bits per heavy atom. The summed E-state index contributed by atoms with van der Waals surface area (Å²) in [6, 6.07) is 26.3. The summed E-state index contributed by atoms with van der Waals surface area (Å²) in [5.74, 6) is -0.0821. The topological polar surface area (TPSA) is 70.1 Å². The number of nitrogens with zero attached hydrogens (tertiary/aromatic N) is 2. The molecular weight excluding hydrogens is 424 g/mol. The largest absolute Gasteiger partial charge is 0.349 e. The van der Waals surface area contributed by atoms with Crippen LogP contribution < -0.4 is 11.0 Å². The molecule has 5 rings (SSSR count). The van der Waals surface area contributed by atoms with Gasteiger partial charge < -0.3 is 10.3 Å². The lowest BCUT2D eigenvalue weighted by molar-refractivity contribution is 0.0909. The molecule has 2 N–H and O–H groups in total. The van der Waals surface area contributed by atoms with Crippen molar-refractivity contribution in [1.29, 1.82) is 0 Å². The number of nitrogens with one attached hydrogen (secondary N) is 2. The summed E-state index contributed by atoms with van der Waals surface area (Å²) in [7, 11) is 0. The second-order valence-electron chi connectivity index (χ2n) is 9.06. The summed E-state index contributed by atoms with van der Waals surface area (Å²) in [5.41, 5.74) is 4.47. The van der Waals surface area contributed by atoms with Crippen molar-refractivity contribution in [1.82, 2.24) is 19.8 Å². The van der Waals surface area contributed by atoms with Gasteiger partial charge in [0.25, 0.3) is 5.91 Å². The Morgan fingerprint density at radius 1 is 0.912 bits per heavy atom. The number of H-pyrrole nitrogens is 1. The number of fused-ring (bicyclic) bond motifs is 1. The minimum atomic E-state index is -0.144. The van der Waals surface area contributed by atoms with Crippen LogP contribution in [-0.4, -0.2) is 39.5 Å². The third-order valence-corrected chi connectivity index (χ3v) is 6.68. The number of carbonyl (C=O) groups excluding carboxylic acids is 1. The molecule has 1 fully saturated rings. The highest BCUT2D eigenvalue weighted by atomic mass is 16.2. The van der Waals surface area contributed by atoms with E-state index in [0.29, 0.717) is 17.6 Å². The van der Waals surface area contributed by atoms with E-state index in [2.05, 4.69) is 51.6 Å². The van der Waals surface area contributed by atoms with Gasteiger partial charge in [-0.1, -0.05) is 60.7 Å². The molecular formula is C28H30N4O2. The first-order valence-electron chi connectivity index (χ1n) is 12.0. The van der Waals surface area contributed by atoms with Crippen molar-refractivity contribution in [3.8, 4) is 0 Å². The number of hydrogen-bond acceptors (Lipinski definition) is 3. The number of aromatic amines is 1.